The first-order valence-corrected chi connectivity index (χ1v) is 6.75. The van der Waals surface area contributed by atoms with Crippen LogP contribution in [0.2, 0.25) is 0 Å². The second kappa shape index (κ2) is 5.69. The van der Waals surface area contributed by atoms with Gasteiger partial charge in [-0.1, -0.05) is 13.3 Å². The average molecular weight is 236 g/mol. The summed E-state index contributed by atoms with van der Waals surface area (Å²) in [5, 5.41) is 0. The van der Waals surface area contributed by atoms with Gasteiger partial charge >= 0.3 is 0 Å². The van der Waals surface area contributed by atoms with Crippen LogP contribution < -0.4 is 5.73 Å². The number of rotatable bonds is 4. The standard InChI is InChI=1S/C14H24N2O/c1-3-12-5-4-8-16(10-12)13(9-15)14-7-6-11(2)17-14/h6-7,12-13H,3-5,8-10,15H2,1-2H3. The van der Waals surface area contributed by atoms with E-state index in [1.54, 1.807) is 0 Å². The second-order valence-electron chi connectivity index (χ2n) is 5.11. The first-order valence-electron chi connectivity index (χ1n) is 6.75. The molecule has 0 aromatic carbocycles. The van der Waals surface area contributed by atoms with Crippen molar-refractivity contribution in [1.29, 1.82) is 0 Å². The van der Waals surface area contributed by atoms with Crippen molar-refractivity contribution in [2.45, 2.75) is 39.2 Å². The third kappa shape index (κ3) is 2.90. The van der Waals surface area contributed by atoms with Gasteiger partial charge in [0.2, 0.25) is 0 Å². The van der Waals surface area contributed by atoms with Crippen LogP contribution in [0.5, 0.6) is 0 Å². The van der Waals surface area contributed by atoms with Crippen LogP contribution in [0.1, 0.15) is 43.7 Å². The molecule has 0 spiro atoms. The van der Waals surface area contributed by atoms with Crippen LogP contribution in [0.15, 0.2) is 16.5 Å². The fraction of sp³-hybridized carbons (Fsp3) is 0.714. The maximum absolute atomic E-state index is 5.93. The van der Waals surface area contributed by atoms with E-state index in [0.29, 0.717) is 6.54 Å². The van der Waals surface area contributed by atoms with Gasteiger partial charge in [-0.3, -0.25) is 4.90 Å². The smallest absolute Gasteiger partial charge is 0.122 e. The lowest BCUT2D eigenvalue weighted by Crippen LogP contribution is -2.40. The van der Waals surface area contributed by atoms with Crippen molar-refractivity contribution in [2.75, 3.05) is 19.6 Å². The molecule has 0 amide bonds. The van der Waals surface area contributed by atoms with Crippen molar-refractivity contribution in [2.24, 2.45) is 11.7 Å². The van der Waals surface area contributed by atoms with Crippen molar-refractivity contribution in [1.82, 2.24) is 4.90 Å². The lowest BCUT2D eigenvalue weighted by Gasteiger charge is -2.36. The third-order valence-corrected chi connectivity index (χ3v) is 3.88. The molecule has 1 aliphatic heterocycles. The Morgan fingerprint density at radius 3 is 2.94 bits per heavy atom. The first kappa shape index (κ1) is 12.7. The van der Waals surface area contributed by atoms with E-state index >= 15 is 0 Å². The Kier molecular flexibility index (Phi) is 4.24. The molecule has 1 aliphatic rings. The van der Waals surface area contributed by atoms with Crippen LogP contribution in [0, 0.1) is 12.8 Å². The molecule has 1 aromatic rings. The molecule has 2 rings (SSSR count). The van der Waals surface area contributed by atoms with Crippen LogP contribution in [-0.2, 0) is 0 Å². The molecular formula is C14H24N2O. The summed E-state index contributed by atoms with van der Waals surface area (Å²) in [7, 11) is 0. The molecule has 1 aromatic heterocycles. The van der Waals surface area contributed by atoms with Crippen LogP contribution in [-0.4, -0.2) is 24.5 Å². The molecule has 2 heterocycles. The number of nitrogens with two attached hydrogens (primary N) is 1. The van der Waals surface area contributed by atoms with E-state index < -0.39 is 0 Å². The second-order valence-corrected chi connectivity index (χ2v) is 5.11. The van der Waals surface area contributed by atoms with Gasteiger partial charge in [-0.15, -0.1) is 0 Å². The Hall–Kier alpha value is -0.800. The number of hydrogen-bond donors (Lipinski definition) is 1. The van der Waals surface area contributed by atoms with Crippen molar-refractivity contribution in [3.63, 3.8) is 0 Å². The fourth-order valence-corrected chi connectivity index (χ4v) is 2.79. The molecule has 2 atom stereocenters. The summed E-state index contributed by atoms with van der Waals surface area (Å²) in [4.78, 5) is 2.50. The summed E-state index contributed by atoms with van der Waals surface area (Å²) in [6.07, 6.45) is 3.92. The van der Waals surface area contributed by atoms with Gasteiger partial charge in [0.15, 0.2) is 0 Å². The zero-order chi connectivity index (χ0) is 12.3. The van der Waals surface area contributed by atoms with E-state index in [9.17, 15) is 0 Å². The molecule has 0 bridgehead atoms. The SMILES string of the molecule is CCC1CCCN(C(CN)c2ccc(C)o2)C1. The lowest BCUT2D eigenvalue weighted by atomic mass is 9.94. The molecule has 1 saturated heterocycles. The Morgan fingerprint density at radius 2 is 2.35 bits per heavy atom. The summed E-state index contributed by atoms with van der Waals surface area (Å²) in [5.74, 6) is 2.83. The highest BCUT2D eigenvalue weighted by Crippen LogP contribution is 2.28. The molecule has 1 fully saturated rings. The summed E-state index contributed by atoms with van der Waals surface area (Å²) in [5.41, 5.74) is 5.93. The Balaban J connectivity index is 2.07. The monoisotopic (exact) mass is 236 g/mol. The minimum absolute atomic E-state index is 0.262. The van der Waals surface area contributed by atoms with Gasteiger partial charge in [-0.2, -0.15) is 0 Å². The van der Waals surface area contributed by atoms with Gasteiger partial charge in [0.05, 0.1) is 6.04 Å². The van der Waals surface area contributed by atoms with Crippen LogP contribution in [0.3, 0.4) is 0 Å². The van der Waals surface area contributed by atoms with Gasteiger partial charge in [0.1, 0.15) is 11.5 Å². The largest absolute Gasteiger partial charge is 0.465 e. The van der Waals surface area contributed by atoms with Crippen LogP contribution >= 0.6 is 0 Å². The van der Waals surface area contributed by atoms with Gasteiger partial charge in [0, 0.05) is 13.1 Å². The molecule has 3 nitrogen and oxygen atoms in total. The topological polar surface area (TPSA) is 42.4 Å². The molecule has 2 unspecified atom stereocenters. The Morgan fingerprint density at radius 1 is 1.53 bits per heavy atom. The van der Waals surface area contributed by atoms with Gasteiger partial charge in [-0.05, 0) is 44.4 Å². The van der Waals surface area contributed by atoms with E-state index in [0.717, 1.165) is 30.5 Å². The Labute approximate surface area is 104 Å². The van der Waals surface area contributed by atoms with Crippen molar-refractivity contribution < 1.29 is 4.42 Å². The number of hydrogen-bond acceptors (Lipinski definition) is 3. The fourth-order valence-electron chi connectivity index (χ4n) is 2.79. The normalized spacial score (nSPS) is 23.8. The highest BCUT2D eigenvalue weighted by atomic mass is 16.3. The maximum atomic E-state index is 5.93. The van der Waals surface area contributed by atoms with E-state index in [1.807, 2.05) is 13.0 Å². The van der Waals surface area contributed by atoms with Crippen LogP contribution in [0.4, 0.5) is 0 Å². The molecule has 0 saturated carbocycles. The summed E-state index contributed by atoms with van der Waals surface area (Å²) in [6, 6.07) is 4.36. The minimum atomic E-state index is 0.262. The highest BCUT2D eigenvalue weighted by molar-refractivity contribution is 5.10. The Bertz CT molecular complexity index is 348. The first-order chi connectivity index (χ1) is 8.24. The summed E-state index contributed by atoms with van der Waals surface area (Å²) in [6.45, 7) is 7.23. The van der Waals surface area contributed by atoms with E-state index in [2.05, 4.69) is 17.9 Å². The summed E-state index contributed by atoms with van der Waals surface area (Å²) >= 11 is 0. The molecule has 96 valence electrons. The van der Waals surface area contributed by atoms with E-state index in [4.69, 9.17) is 10.2 Å². The number of furan rings is 1. The quantitative estimate of drug-likeness (QED) is 0.874. The minimum Gasteiger partial charge on any atom is -0.465 e. The molecule has 3 heteroatoms. The van der Waals surface area contributed by atoms with Crippen molar-refractivity contribution >= 4 is 0 Å². The van der Waals surface area contributed by atoms with Gasteiger partial charge in [0.25, 0.3) is 0 Å². The predicted molar refractivity (Wildman–Crippen MR) is 69.8 cm³/mol. The molecule has 17 heavy (non-hydrogen) atoms. The maximum Gasteiger partial charge on any atom is 0.122 e. The number of piperidine rings is 1. The molecule has 2 N–H and O–H groups in total. The van der Waals surface area contributed by atoms with Crippen molar-refractivity contribution in [3.05, 3.63) is 23.7 Å². The number of nitrogens with zero attached hydrogens (tertiary/aromatic N) is 1. The third-order valence-electron chi connectivity index (χ3n) is 3.88. The van der Waals surface area contributed by atoms with E-state index in [1.165, 1.54) is 19.3 Å². The zero-order valence-corrected chi connectivity index (χ0v) is 11.0. The average Bonchev–Trinajstić information content (AvgIpc) is 2.77. The zero-order valence-electron chi connectivity index (χ0n) is 11.0. The van der Waals surface area contributed by atoms with Gasteiger partial charge < -0.3 is 10.2 Å². The molecular weight excluding hydrogens is 212 g/mol. The number of likely N-dealkylation sites (tertiary alicyclic amines) is 1. The van der Waals surface area contributed by atoms with Crippen LogP contribution in [0.25, 0.3) is 0 Å². The highest BCUT2D eigenvalue weighted by Gasteiger charge is 2.26. The predicted octanol–water partition coefficient (Wildman–Crippen LogP) is 2.71. The summed E-state index contributed by atoms with van der Waals surface area (Å²) < 4.78 is 5.74. The number of aryl methyl sites for hydroxylation is 1. The molecule has 0 radical (unpaired) electrons. The lowest BCUT2D eigenvalue weighted by molar-refractivity contribution is 0.111. The van der Waals surface area contributed by atoms with Crippen molar-refractivity contribution in [3.8, 4) is 0 Å². The van der Waals surface area contributed by atoms with Gasteiger partial charge in [-0.25, -0.2) is 0 Å². The molecule has 0 aliphatic carbocycles. The van der Waals surface area contributed by atoms with E-state index in [-0.39, 0.29) is 6.04 Å².